The van der Waals surface area contributed by atoms with Crippen LogP contribution >= 0.6 is 7.82 Å². The number of quaternary nitrogens is 1. The van der Waals surface area contributed by atoms with Gasteiger partial charge in [0.25, 0.3) is 7.82 Å². The van der Waals surface area contributed by atoms with Crippen molar-refractivity contribution in [2.45, 2.75) is 334 Å². The Balaban J connectivity index is 3.99. The number of nitrogens with one attached hydrogen (secondary N) is 1. The van der Waals surface area contributed by atoms with Gasteiger partial charge in [0.05, 0.1) is 39.9 Å². The molecule has 0 aromatic carbocycles. The molecule has 8 nitrogen and oxygen atoms in total. The molecule has 1 amide bonds. The standard InChI is InChI=1S/C59H121N2O6P/c1-6-8-10-12-14-16-18-20-22-24-25-26-27-28-29-30-31-32-33-34-35-36-37-39-41-43-45-47-49-51-53-59(63)60-57(56-67-68(64,65)66-55-54-61(3,4)5)58(62)52-50-48-46-44-42-40-38-23-21-19-17-15-13-11-9-7-2/h57-58,62H,6-56H2,1-5H3,(H-,60,63,64,65). The molecule has 0 radical (unpaired) electrons. The fourth-order valence-corrected chi connectivity index (χ4v) is 10.3. The maximum Gasteiger partial charge on any atom is 0.268 e. The molecule has 0 aromatic heterocycles. The van der Waals surface area contributed by atoms with E-state index in [0.717, 1.165) is 38.5 Å². The van der Waals surface area contributed by atoms with Crippen LogP contribution < -0.4 is 10.2 Å². The molecular formula is C59H121N2O6P. The predicted octanol–water partition coefficient (Wildman–Crippen LogP) is 17.8. The van der Waals surface area contributed by atoms with Gasteiger partial charge in [-0.05, 0) is 12.8 Å². The highest BCUT2D eigenvalue weighted by Gasteiger charge is 2.24. The van der Waals surface area contributed by atoms with Crippen LogP contribution in [0.1, 0.15) is 322 Å². The molecule has 0 heterocycles. The number of likely N-dealkylation sites (N-methyl/N-ethyl adjacent to an activating group) is 1. The van der Waals surface area contributed by atoms with Gasteiger partial charge in [0.15, 0.2) is 0 Å². The summed E-state index contributed by atoms with van der Waals surface area (Å²) in [5.74, 6) is -0.156. The Bertz CT molecular complexity index is 1070. The van der Waals surface area contributed by atoms with E-state index in [2.05, 4.69) is 19.2 Å². The Labute approximate surface area is 425 Å². The number of rotatable bonds is 57. The second-order valence-corrected chi connectivity index (χ2v) is 23.8. The maximum absolute atomic E-state index is 13.0. The largest absolute Gasteiger partial charge is 0.756 e. The topological polar surface area (TPSA) is 108 Å². The monoisotopic (exact) mass is 985 g/mol. The van der Waals surface area contributed by atoms with Crippen molar-refractivity contribution in [3.05, 3.63) is 0 Å². The molecule has 0 spiro atoms. The summed E-state index contributed by atoms with van der Waals surface area (Å²) in [7, 11) is 1.33. The van der Waals surface area contributed by atoms with Crippen molar-refractivity contribution in [2.24, 2.45) is 0 Å². The molecule has 2 N–H and O–H groups in total. The highest BCUT2D eigenvalue weighted by molar-refractivity contribution is 7.45. The van der Waals surface area contributed by atoms with Crippen LogP contribution in [0.2, 0.25) is 0 Å². The third-order valence-electron chi connectivity index (χ3n) is 14.3. The van der Waals surface area contributed by atoms with Crippen molar-refractivity contribution >= 4 is 13.7 Å². The lowest BCUT2D eigenvalue weighted by molar-refractivity contribution is -0.870. The van der Waals surface area contributed by atoms with Gasteiger partial charge in [-0.2, -0.15) is 0 Å². The van der Waals surface area contributed by atoms with E-state index >= 15 is 0 Å². The summed E-state index contributed by atoms with van der Waals surface area (Å²) in [6.45, 7) is 4.78. The zero-order valence-corrected chi connectivity index (χ0v) is 47.5. The maximum atomic E-state index is 13.0. The molecule has 408 valence electrons. The first kappa shape index (κ1) is 67.5. The van der Waals surface area contributed by atoms with Crippen LogP contribution in [0.25, 0.3) is 0 Å². The molecule has 0 aromatic rings. The summed E-state index contributed by atoms with van der Waals surface area (Å²) < 4.78 is 23.4. The summed E-state index contributed by atoms with van der Waals surface area (Å²) in [5, 5.41) is 14.0. The van der Waals surface area contributed by atoms with E-state index in [-0.39, 0.29) is 19.1 Å². The van der Waals surface area contributed by atoms with Gasteiger partial charge in [-0.1, -0.05) is 303 Å². The Hall–Kier alpha value is -0.500. The number of aliphatic hydroxyl groups excluding tert-OH is 1. The molecule has 0 saturated carbocycles. The average molecular weight is 986 g/mol. The summed E-state index contributed by atoms with van der Waals surface area (Å²) in [4.78, 5) is 25.5. The first-order valence-corrected chi connectivity index (χ1v) is 31.8. The van der Waals surface area contributed by atoms with Gasteiger partial charge in [0.1, 0.15) is 13.2 Å². The Kier molecular flexibility index (Phi) is 51.0. The summed E-state index contributed by atoms with van der Waals surface area (Å²) in [6.07, 6.45) is 61.5. The second kappa shape index (κ2) is 51.4. The lowest BCUT2D eigenvalue weighted by Crippen LogP contribution is -2.46. The predicted molar refractivity (Wildman–Crippen MR) is 293 cm³/mol. The molecule has 0 aliphatic carbocycles. The lowest BCUT2D eigenvalue weighted by atomic mass is 10.0. The van der Waals surface area contributed by atoms with Crippen LogP contribution in [0.15, 0.2) is 0 Å². The van der Waals surface area contributed by atoms with Gasteiger partial charge in [-0.25, -0.2) is 0 Å². The zero-order chi connectivity index (χ0) is 49.9. The molecule has 9 heteroatoms. The van der Waals surface area contributed by atoms with Gasteiger partial charge in [-0.3, -0.25) is 9.36 Å². The van der Waals surface area contributed by atoms with Crippen LogP contribution in [-0.2, 0) is 18.4 Å². The molecule has 3 atom stereocenters. The van der Waals surface area contributed by atoms with Gasteiger partial charge >= 0.3 is 0 Å². The van der Waals surface area contributed by atoms with Crippen molar-refractivity contribution < 1.29 is 32.9 Å². The number of aliphatic hydroxyl groups is 1. The fraction of sp³-hybridized carbons (Fsp3) is 0.983. The molecule has 68 heavy (non-hydrogen) atoms. The van der Waals surface area contributed by atoms with E-state index in [1.54, 1.807) is 0 Å². The molecule has 0 aliphatic heterocycles. The van der Waals surface area contributed by atoms with Crippen molar-refractivity contribution in [1.29, 1.82) is 0 Å². The number of phosphoric acid groups is 1. The van der Waals surface area contributed by atoms with Gasteiger partial charge < -0.3 is 28.8 Å². The normalized spacial score (nSPS) is 13.8. The minimum Gasteiger partial charge on any atom is -0.756 e. The minimum atomic E-state index is -4.57. The van der Waals surface area contributed by atoms with Crippen molar-refractivity contribution in [3.63, 3.8) is 0 Å². The van der Waals surface area contributed by atoms with Gasteiger partial charge in [-0.15, -0.1) is 0 Å². The number of carbonyl (C=O) groups excluding carboxylic acids is 1. The molecule has 0 saturated heterocycles. The van der Waals surface area contributed by atoms with Gasteiger partial charge in [0, 0.05) is 6.42 Å². The van der Waals surface area contributed by atoms with E-state index in [4.69, 9.17) is 9.05 Å². The smallest absolute Gasteiger partial charge is 0.268 e. The van der Waals surface area contributed by atoms with Crippen LogP contribution in [-0.4, -0.2) is 68.5 Å². The SMILES string of the molecule is CCCCCCCCCCCCCCCCCCCCCCCCCCCCCCCCC(=O)NC(COP(=O)([O-])OCC[N+](C)(C)C)C(O)CCCCCCCCCCCCCCCCCC. The van der Waals surface area contributed by atoms with Gasteiger partial charge in [0.2, 0.25) is 5.91 Å². The number of unbranched alkanes of at least 4 members (excludes halogenated alkanes) is 44. The summed E-state index contributed by atoms with van der Waals surface area (Å²) in [6, 6.07) is -0.795. The number of carbonyl (C=O) groups is 1. The zero-order valence-electron chi connectivity index (χ0n) is 46.6. The first-order valence-electron chi connectivity index (χ1n) is 30.4. The third-order valence-corrected chi connectivity index (χ3v) is 15.3. The molecule has 3 unspecified atom stereocenters. The molecule has 0 bridgehead atoms. The Morgan fingerprint density at radius 3 is 1.00 bits per heavy atom. The summed E-state index contributed by atoms with van der Waals surface area (Å²) >= 11 is 0. The Morgan fingerprint density at radius 2 is 0.721 bits per heavy atom. The Morgan fingerprint density at radius 1 is 0.456 bits per heavy atom. The van der Waals surface area contributed by atoms with Crippen LogP contribution in [0.3, 0.4) is 0 Å². The highest BCUT2D eigenvalue weighted by atomic mass is 31.2. The average Bonchev–Trinajstić information content (AvgIpc) is 3.30. The molecular weight excluding hydrogens is 864 g/mol. The van der Waals surface area contributed by atoms with Crippen LogP contribution in [0.5, 0.6) is 0 Å². The van der Waals surface area contributed by atoms with Crippen LogP contribution in [0, 0.1) is 0 Å². The van der Waals surface area contributed by atoms with Crippen molar-refractivity contribution in [1.82, 2.24) is 5.32 Å². The van der Waals surface area contributed by atoms with Crippen LogP contribution in [0.4, 0.5) is 0 Å². The molecule has 0 rings (SSSR count). The van der Waals surface area contributed by atoms with Crippen molar-refractivity contribution in [2.75, 3.05) is 40.9 Å². The third kappa shape index (κ3) is 53.3. The number of nitrogens with zero attached hydrogens (tertiary/aromatic N) is 1. The van der Waals surface area contributed by atoms with E-state index in [1.165, 1.54) is 257 Å². The number of hydrogen-bond acceptors (Lipinski definition) is 6. The van der Waals surface area contributed by atoms with E-state index < -0.39 is 20.0 Å². The number of phosphoric ester groups is 1. The first-order chi connectivity index (χ1) is 33.0. The lowest BCUT2D eigenvalue weighted by Gasteiger charge is -2.30. The van der Waals surface area contributed by atoms with E-state index in [1.807, 2.05) is 21.1 Å². The minimum absolute atomic E-state index is 0.0166. The van der Waals surface area contributed by atoms with Crippen molar-refractivity contribution in [3.8, 4) is 0 Å². The number of amides is 1. The number of hydrogen-bond donors (Lipinski definition) is 2. The second-order valence-electron chi connectivity index (χ2n) is 22.4. The fourth-order valence-electron chi connectivity index (χ4n) is 9.57. The molecule has 0 fully saturated rings. The van der Waals surface area contributed by atoms with E-state index in [0.29, 0.717) is 23.9 Å². The quantitative estimate of drug-likeness (QED) is 0.0357. The van der Waals surface area contributed by atoms with E-state index in [9.17, 15) is 19.4 Å². The highest BCUT2D eigenvalue weighted by Crippen LogP contribution is 2.38. The summed E-state index contributed by atoms with van der Waals surface area (Å²) in [5.41, 5.74) is 0. The molecule has 0 aliphatic rings.